The number of benzene rings is 1. The maximum Gasteiger partial charge on any atom is 0.223 e. The first-order valence-electron chi connectivity index (χ1n) is 6.76. The summed E-state index contributed by atoms with van der Waals surface area (Å²) in [6, 6.07) is 8.42. The number of ether oxygens (including phenoxy) is 1. The number of anilines is 1. The van der Waals surface area contributed by atoms with Gasteiger partial charge in [-0.05, 0) is 30.0 Å². The van der Waals surface area contributed by atoms with Crippen molar-refractivity contribution in [3.8, 4) is 0 Å². The zero-order valence-corrected chi connectivity index (χ0v) is 11.7. The lowest BCUT2D eigenvalue weighted by Crippen LogP contribution is -2.28. The molecule has 1 fully saturated rings. The van der Waals surface area contributed by atoms with Crippen LogP contribution in [0.15, 0.2) is 24.3 Å². The molecule has 1 aliphatic rings. The minimum Gasteiger partial charge on any atom is -0.388 e. The second-order valence-corrected chi connectivity index (χ2v) is 5.05. The molecule has 0 aromatic heterocycles. The van der Waals surface area contributed by atoms with Crippen molar-refractivity contribution in [1.29, 1.82) is 0 Å². The predicted octanol–water partition coefficient (Wildman–Crippen LogP) is 1.77. The van der Waals surface area contributed by atoms with Crippen LogP contribution in [0.3, 0.4) is 0 Å². The number of hydrogen-bond acceptors (Lipinski definition) is 3. The highest BCUT2D eigenvalue weighted by atomic mass is 16.5. The van der Waals surface area contributed by atoms with Gasteiger partial charge >= 0.3 is 0 Å². The molecule has 1 aromatic rings. The molecule has 1 saturated heterocycles. The number of nitrogens with one attached hydrogen (secondary N) is 1. The SMILES string of the molecule is CNc1ccc(C[C@H]2CC(=O)N(CCOC)C2)cc1. The van der Waals surface area contributed by atoms with Gasteiger partial charge in [-0.2, -0.15) is 0 Å². The number of hydrogen-bond donors (Lipinski definition) is 1. The summed E-state index contributed by atoms with van der Waals surface area (Å²) in [5.74, 6) is 0.693. The summed E-state index contributed by atoms with van der Waals surface area (Å²) in [4.78, 5) is 13.8. The topological polar surface area (TPSA) is 41.6 Å². The van der Waals surface area contributed by atoms with E-state index in [0.29, 0.717) is 25.5 Å². The van der Waals surface area contributed by atoms with Crippen LogP contribution in [0.4, 0.5) is 5.69 Å². The minimum atomic E-state index is 0.258. The van der Waals surface area contributed by atoms with Gasteiger partial charge in [0.25, 0.3) is 0 Å². The van der Waals surface area contributed by atoms with Gasteiger partial charge in [-0.15, -0.1) is 0 Å². The fourth-order valence-electron chi connectivity index (χ4n) is 2.55. The lowest BCUT2D eigenvalue weighted by molar-refractivity contribution is -0.128. The van der Waals surface area contributed by atoms with Crippen molar-refractivity contribution in [3.05, 3.63) is 29.8 Å². The van der Waals surface area contributed by atoms with Crippen molar-refractivity contribution in [3.63, 3.8) is 0 Å². The Morgan fingerprint density at radius 1 is 1.37 bits per heavy atom. The van der Waals surface area contributed by atoms with Gasteiger partial charge in [0, 0.05) is 39.4 Å². The highest BCUT2D eigenvalue weighted by Gasteiger charge is 2.28. The first-order valence-corrected chi connectivity index (χ1v) is 6.76. The molecule has 0 unspecified atom stereocenters. The number of nitrogens with zero attached hydrogens (tertiary/aromatic N) is 1. The Morgan fingerprint density at radius 3 is 2.74 bits per heavy atom. The third-order valence-electron chi connectivity index (χ3n) is 3.63. The van der Waals surface area contributed by atoms with E-state index in [0.717, 1.165) is 18.7 Å². The average Bonchev–Trinajstić information content (AvgIpc) is 2.77. The summed E-state index contributed by atoms with van der Waals surface area (Å²) >= 11 is 0. The second kappa shape index (κ2) is 6.57. The van der Waals surface area contributed by atoms with E-state index in [1.165, 1.54) is 5.56 Å². The highest BCUT2D eigenvalue weighted by Crippen LogP contribution is 2.22. The Kier molecular flexibility index (Phi) is 4.80. The van der Waals surface area contributed by atoms with Crippen LogP contribution in [0, 0.1) is 5.92 Å². The van der Waals surface area contributed by atoms with Gasteiger partial charge in [0.2, 0.25) is 5.91 Å². The standard InChI is InChI=1S/C15H22N2O2/c1-16-14-5-3-12(4-6-14)9-13-10-15(18)17(11-13)7-8-19-2/h3-6,13,16H,7-11H2,1-2H3/t13-/m0/s1. The normalized spacial score (nSPS) is 18.9. The van der Waals surface area contributed by atoms with Gasteiger partial charge in [0.05, 0.1) is 6.61 Å². The van der Waals surface area contributed by atoms with Crippen LogP contribution in [-0.2, 0) is 16.0 Å². The van der Waals surface area contributed by atoms with Crippen LogP contribution >= 0.6 is 0 Å². The molecule has 104 valence electrons. The molecular formula is C15H22N2O2. The summed E-state index contributed by atoms with van der Waals surface area (Å²) in [5, 5.41) is 3.11. The number of methoxy groups -OCH3 is 1. The van der Waals surface area contributed by atoms with E-state index in [1.54, 1.807) is 7.11 Å². The number of rotatable bonds is 6. The van der Waals surface area contributed by atoms with Gasteiger partial charge in [-0.1, -0.05) is 12.1 Å². The average molecular weight is 262 g/mol. The van der Waals surface area contributed by atoms with E-state index in [-0.39, 0.29) is 5.91 Å². The lowest BCUT2D eigenvalue weighted by atomic mass is 9.98. The molecule has 0 saturated carbocycles. The Hall–Kier alpha value is -1.55. The van der Waals surface area contributed by atoms with E-state index in [4.69, 9.17) is 4.74 Å². The number of carbonyl (C=O) groups is 1. The van der Waals surface area contributed by atoms with Crippen LogP contribution in [0.25, 0.3) is 0 Å². The monoisotopic (exact) mass is 262 g/mol. The Bertz CT molecular complexity index is 417. The van der Waals surface area contributed by atoms with E-state index in [2.05, 4.69) is 29.6 Å². The molecule has 19 heavy (non-hydrogen) atoms. The second-order valence-electron chi connectivity index (χ2n) is 5.05. The molecule has 1 N–H and O–H groups in total. The fraction of sp³-hybridized carbons (Fsp3) is 0.533. The third-order valence-corrected chi connectivity index (χ3v) is 3.63. The summed E-state index contributed by atoms with van der Waals surface area (Å²) in [7, 11) is 3.58. The van der Waals surface area contributed by atoms with Crippen LogP contribution < -0.4 is 5.32 Å². The third kappa shape index (κ3) is 3.70. The molecule has 1 aliphatic heterocycles. The molecule has 1 atom stereocenters. The largest absolute Gasteiger partial charge is 0.388 e. The van der Waals surface area contributed by atoms with Crippen molar-refractivity contribution in [2.24, 2.45) is 5.92 Å². The Morgan fingerprint density at radius 2 is 2.11 bits per heavy atom. The molecule has 1 amide bonds. The van der Waals surface area contributed by atoms with Crippen molar-refractivity contribution >= 4 is 11.6 Å². The number of likely N-dealkylation sites (tertiary alicyclic amines) is 1. The molecule has 2 rings (SSSR count). The molecule has 1 heterocycles. The van der Waals surface area contributed by atoms with Gasteiger partial charge in [0.15, 0.2) is 0 Å². The summed E-state index contributed by atoms with van der Waals surface area (Å²) in [6.07, 6.45) is 1.64. The van der Waals surface area contributed by atoms with Gasteiger partial charge < -0.3 is 15.0 Å². The quantitative estimate of drug-likeness (QED) is 0.849. The summed E-state index contributed by atoms with van der Waals surface area (Å²) in [5.41, 5.74) is 2.42. The van der Waals surface area contributed by atoms with E-state index in [1.807, 2.05) is 11.9 Å². The maximum atomic E-state index is 11.8. The van der Waals surface area contributed by atoms with Gasteiger partial charge in [-0.25, -0.2) is 0 Å². The Labute approximate surface area is 114 Å². The number of carbonyl (C=O) groups excluding carboxylic acids is 1. The molecule has 0 bridgehead atoms. The molecular weight excluding hydrogens is 240 g/mol. The lowest BCUT2D eigenvalue weighted by Gasteiger charge is -2.16. The maximum absolute atomic E-state index is 11.8. The molecule has 0 spiro atoms. The van der Waals surface area contributed by atoms with Gasteiger partial charge in [-0.3, -0.25) is 4.79 Å². The van der Waals surface area contributed by atoms with E-state index in [9.17, 15) is 4.79 Å². The van der Waals surface area contributed by atoms with Gasteiger partial charge in [0.1, 0.15) is 0 Å². The molecule has 1 aromatic carbocycles. The summed E-state index contributed by atoms with van der Waals surface area (Å²) in [6.45, 7) is 2.19. The van der Waals surface area contributed by atoms with E-state index >= 15 is 0 Å². The van der Waals surface area contributed by atoms with Crippen molar-refractivity contribution in [1.82, 2.24) is 4.90 Å². The van der Waals surface area contributed by atoms with Crippen LogP contribution in [0.2, 0.25) is 0 Å². The molecule has 4 nitrogen and oxygen atoms in total. The molecule has 0 radical (unpaired) electrons. The molecule has 0 aliphatic carbocycles. The number of amides is 1. The first kappa shape index (κ1) is 13.9. The summed E-state index contributed by atoms with van der Waals surface area (Å²) < 4.78 is 5.03. The van der Waals surface area contributed by atoms with Crippen LogP contribution in [0.5, 0.6) is 0 Å². The van der Waals surface area contributed by atoms with Crippen molar-refractivity contribution in [2.75, 3.05) is 39.2 Å². The molecule has 4 heteroatoms. The highest BCUT2D eigenvalue weighted by molar-refractivity contribution is 5.78. The van der Waals surface area contributed by atoms with Crippen LogP contribution in [-0.4, -0.2) is 44.7 Å². The smallest absolute Gasteiger partial charge is 0.223 e. The zero-order chi connectivity index (χ0) is 13.7. The Balaban J connectivity index is 1.88. The van der Waals surface area contributed by atoms with Crippen molar-refractivity contribution < 1.29 is 9.53 Å². The van der Waals surface area contributed by atoms with Crippen molar-refractivity contribution in [2.45, 2.75) is 12.8 Å². The fourth-order valence-corrected chi connectivity index (χ4v) is 2.55. The van der Waals surface area contributed by atoms with E-state index < -0.39 is 0 Å². The minimum absolute atomic E-state index is 0.258. The predicted molar refractivity (Wildman–Crippen MR) is 76.3 cm³/mol. The first-order chi connectivity index (χ1) is 9.22. The zero-order valence-electron chi connectivity index (χ0n) is 11.7. The van der Waals surface area contributed by atoms with Crippen LogP contribution in [0.1, 0.15) is 12.0 Å².